The van der Waals surface area contributed by atoms with Crippen molar-refractivity contribution >= 4 is 17.4 Å². The molecule has 0 aliphatic heterocycles. The molecule has 0 spiro atoms. The van der Waals surface area contributed by atoms with Gasteiger partial charge in [-0.25, -0.2) is 0 Å². The van der Waals surface area contributed by atoms with E-state index in [4.69, 9.17) is 11.6 Å². The maximum Gasteiger partial charge on any atom is 0.152 e. The number of hydrogen-bond acceptors (Lipinski definition) is 3. The normalized spacial score (nSPS) is 10.4. The molecule has 0 saturated heterocycles. The molecule has 0 unspecified atom stereocenters. The van der Waals surface area contributed by atoms with Crippen molar-refractivity contribution in [3.05, 3.63) is 46.6 Å². The van der Waals surface area contributed by atoms with Gasteiger partial charge in [0.1, 0.15) is 5.78 Å². The third kappa shape index (κ3) is 2.93. The van der Waals surface area contributed by atoms with Gasteiger partial charge in [0.05, 0.1) is 5.69 Å². The summed E-state index contributed by atoms with van der Waals surface area (Å²) in [6, 6.07) is 9.55. The molecule has 0 fully saturated rings. The SMILES string of the molecule is CC(=O)Cc1ccc(-c2nnc(Cl)cc2C)cc1. The van der Waals surface area contributed by atoms with Crippen molar-refractivity contribution in [2.75, 3.05) is 0 Å². The van der Waals surface area contributed by atoms with E-state index in [0.717, 1.165) is 22.4 Å². The Labute approximate surface area is 111 Å². The number of aromatic nitrogens is 2. The number of halogens is 1. The van der Waals surface area contributed by atoms with E-state index in [2.05, 4.69) is 10.2 Å². The van der Waals surface area contributed by atoms with E-state index < -0.39 is 0 Å². The van der Waals surface area contributed by atoms with Crippen LogP contribution in [-0.4, -0.2) is 16.0 Å². The van der Waals surface area contributed by atoms with Crippen LogP contribution in [0.4, 0.5) is 0 Å². The van der Waals surface area contributed by atoms with E-state index in [1.165, 1.54) is 0 Å². The Kier molecular flexibility index (Phi) is 3.72. The van der Waals surface area contributed by atoms with Crippen LogP contribution in [0.25, 0.3) is 11.3 Å². The minimum Gasteiger partial charge on any atom is -0.300 e. The zero-order valence-electron chi connectivity index (χ0n) is 10.3. The maximum atomic E-state index is 11.0. The number of benzene rings is 1. The van der Waals surface area contributed by atoms with Gasteiger partial charge < -0.3 is 0 Å². The van der Waals surface area contributed by atoms with Gasteiger partial charge in [0.2, 0.25) is 0 Å². The van der Waals surface area contributed by atoms with Crippen molar-refractivity contribution in [3.8, 4) is 11.3 Å². The first-order chi connectivity index (χ1) is 8.56. The van der Waals surface area contributed by atoms with Gasteiger partial charge in [0, 0.05) is 12.0 Å². The molecule has 0 N–H and O–H groups in total. The molecule has 1 aromatic heterocycles. The van der Waals surface area contributed by atoms with Gasteiger partial charge in [0.25, 0.3) is 0 Å². The molecule has 18 heavy (non-hydrogen) atoms. The lowest BCUT2D eigenvalue weighted by molar-refractivity contribution is -0.116. The topological polar surface area (TPSA) is 42.9 Å². The van der Waals surface area contributed by atoms with Crippen LogP contribution in [0.3, 0.4) is 0 Å². The lowest BCUT2D eigenvalue weighted by Crippen LogP contribution is -1.96. The molecule has 2 rings (SSSR count). The number of carbonyl (C=O) groups excluding carboxylic acids is 1. The Bertz CT molecular complexity index is 579. The zero-order valence-corrected chi connectivity index (χ0v) is 11.0. The number of aryl methyl sites for hydroxylation is 1. The summed E-state index contributed by atoms with van der Waals surface area (Å²) >= 11 is 5.78. The summed E-state index contributed by atoms with van der Waals surface area (Å²) in [4.78, 5) is 11.0. The first kappa shape index (κ1) is 12.7. The first-order valence-corrected chi connectivity index (χ1v) is 6.02. The third-order valence-electron chi connectivity index (χ3n) is 2.64. The molecule has 4 heteroatoms. The summed E-state index contributed by atoms with van der Waals surface area (Å²) in [6.07, 6.45) is 0.464. The van der Waals surface area contributed by atoms with E-state index in [0.29, 0.717) is 11.6 Å². The Morgan fingerprint density at radius 2 is 1.89 bits per heavy atom. The number of hydrogen-bond donors (Lipinski definition) is 0. The summed E-state index contributed by atoms with van der Waals surface area (Å²) < 4.78 is 0. The third-order valence-corrected chi connectivity index (χ3v) is 2.82. The maximum absolute atomic E-state index is 11.0. The highest BCUT2D eigenvalue weighted by atomic mass is 35.5. The second-order valence-corrected chi connectivity index (χ2v) is 4.66. The quantitative estimate of drug-likeness (QED) is 0.851. The van der Waals surface area contributed by atoms with Crippen molar-refractivity contribution < 1.29 is 4.79 Å². The van der Waals surface area contributed by atoms with Crippen LogP contribution in [-0.2, 0) is 11.2 Å². The molecule has 2 aromatic rings. The molecule has 3 nitrogen and oxygen atoms in total. The predicted molar refractivity (Wildman–Crippen MR) is 71.6 cm³/mol. The fraction of sp³-hybridized carbons (Fsp3) is 0.214. The number of rotatable bonds is 3. The van der Waals surface area contributed by atoms with Gasteiger partial charge in [-0.2, -0.15) is 0 Å². The second kappa shape index (κ2) is 5.27. The molecule has 0 bridgehead atoms. The molecule has 0 radical (unpaired) electrons. The Morgan fingerprint density at radius 3 is 2.44 bits per heavy atom. The highest BCUT2D eigenvalue weighted by Crippen LogP contribution is 2.22. The smallest absolute Gasteiger partial charge is 0.152 e. The summed E-state index contributed by atoms with van der Waals surface area (Å²) in [5.41, 5.74) is 3.78. The van der Waals surface area contributed by atoms with Crippen molar-refractivity contribution in [1.29, 1.82) is 0 Å². The van der Waals surface area contributed by atoms with Gasteiger partial charge >= 0.3 is 0 Å². The lowest BCUT2D eigenvalue weighted by atomic mass is 10.0. The van der Waals surface area contributed by atoms with Crippen LogP contribution in [0.5, 0.6) is 0 Å². The van der Waals surface area contributed by atoms with Crippen LogP contribution in [0.1, 0.15) is 18.1 Å². The highest BCUT2D eigenvalue weighted by Gasteiger charge is 2.06. The molecule has 1 aromatic carbocycles. The van der Waals surface area contributed by atoms with E-state index in [1.54, 1.807) is 13.0 Å². The Morgan fingerprint density at radius 1 is 1.22 bits per heavy atom. The summed E-state index contributed by atoms with van der Waals surface area (Å²) in [6.45, 7) is 3.53. The van der Waals surface area contributed by atoms with Crippen LogP contribution in [0.2, 0.25) is 5.15 Å². The van der Waals surface area contributed by atoms with Crippen LogP contribution < -0.4 is 0 Å². The van der Waals surface area contributed by atoms with Crippen LogP contribution in [0.15, 0.2) is 30.3 Å². The Balaban J connectivity index is 2.31. The van der Waals surface area contributed by atoms with Crippen LogP contribution in [0, 0.1) is 6.92 Å². The van der Waals surface area contributed by atoms with E-state index in [1.807, 2.05) is 31.2 Å². The lowest BCUT2D eigenvalue weighted by Gasteiger charge is -2.05. The van der Waals surface area contributed by atoms with Gasteiger partial charge in [-0.1, -0.05) is 35.9 Å². The van der Waals surface area contributed by atoms with E-state index >= 15 is 0 Å². The van der Waals surface area contributed by atoms with Gasteiger partial charge in [0.15, 0.2) is 5.15 Å². The average Bonchev–Trinajstić information content (AvgIpc) is 2.30. The summed E-state index contributed by atoms with van der Waals surface area (Å²) in [5, 5.41) is 8.33. The molecule has 1 heterocycles. The van der Waals surface area contributed by atoms with E-state index in [-0.39, 0.29) is 5.78 Å². The molecular formula is C14H13ClN2O. The van der Waals surface area contributed by atoms with Gasteiger partial charge in [-0.3, -0.25) is 4.79 Å². The highest BCUT2D eigenvalue weighted by molar-refractivity contribution is 6.29. The van der Waals surface area contributed by atoms with E-state index in [9.17, 15) is 4.79 Å². The van der Waals surface area contributed by atoms with Crippen molar-refractivity contribution in [2.45, 2.75) is 20.3 Å². The monoisotopic (exact) mass is 260 g/mol. The average molecular weight is 261 g/mol. The number of nitrogens with zero attached hydrogens (tertiary/aromatic N) is 2. The predicted octanol–water partition coefficient (Wildman–Crippen LogP) is 3.24. The van der Waals surface area contributed by atoms with Gasteiger partial charge in [-0.05, 0) is 31.0 Å². The number of carbonyl (C=O) groups is 1. The minimum absolute atomic E-state index is 0.158. The first-order valence-electron chi connectivity index (χ1n) is 5.65. The standard InChI is InChI=1S/C14H13ClN2O/c1-9-7-13(15)16-17-14(9)12-5-3-11(4-6-12)8-10(2)18/h3-7H,8H2,1-2H3. The van der Waals surface area contributed by atoms with Crippen molar-refractivity contribution in [1.82, 2.24) is 10.2 Å². The second-order valence-electron chi connectivity index (χ2n) is 4.27. The number of Topliss-reactive ketones (excluding diaryl/α,β-unsaturated/α-hetero) is 1. The largest absolute Gasteiger partial charge is 0.300 e. The molecule has 0 aliphatic rings. The molecule has 0 aliphatic carbocycles. The molecule has 0 amide bonds. The van der Waals surface area contributed by atoms with Crippen LogP contribution >= 0.6 is 11.6 Å². The fourth-order valence-corrected chi connectivity index (χ4v) is 2.01. The fourth-order valence-electron chi connectivity index (χ4n) is 1.81. The zero-order chi connectivity index (χ0) is 13.1. The molecular weight excluding hydrogens is 248 g/mol. The summed E-state index contributed by atoms with van der Waals surface area (Å²) in [5.74, 6) is 0.158. The molecule has 92 valence electrons. The van der Waals surface area contributed by atoms with Crippen molar-refractivity contribution in [2.24, 2.45) is 0 Å². The number of ketones is 1. The molecule has 0 atom stereocenters. The van der Waals surface area contributed by atoms with Gasteiger partial charge in [-0.15, -0.1) is 10.2 Å². The van der Waals surface area contributed by atoms with Crippen molar-refractivity contribution in [3.63, 3.8) is 0 Å². The summed E-state index contributed by atoms with van der Waals surface area (Å²) in [7, 11) is 0. The Hall–Kier alpha value is -1.74. The molecule has 0 saturated carbocycles. The minimum atomic E-state index is 0.158.